The van der Waals surface area contributed by atoms with Crippen molar-refractivity contribution in [2.75, 3.05) is 33.0 Å². The molecule has 1 aliphatic heterocycles. The Kier molecular flexibility index (Phi) is 4.27. The van der Waals surface area contributed by atoms with E-state index in [1.807, 2.05) is 0 Å². The number of hydrogen-bond donors (Lipinski definition) is 1. The molecule has 0 spiro atoms. The summed E-state index contributed by atoms with van der Waals surface area (Å²) in [4.78, 5) is 14.3. The maximum atomic E-state index is 12.5. The zero-order valence-electron chi connectivity index (χ0n) is 11.4. The molecule has 1 fully saturated rings. The van der Waals surface area contributed by atoms with Crippen molar-refractivity contribution in [3.05, 3.63) is 23.8 Å². The molecule has 1 amide bonds. The maximum Gasteiger partial charge on any atom is 0.257 e. The Morgan fingerprint density at radius 3 is 2.89 bits per heavy atom. The van der Waals surface area contributed by atoms with Crippen LogP contribution >= 0.6 is 0 Å². The van der Waals surface area contributed by atoms with Gasteiger partial charge in [-0.25, -0.2) is 0 Å². The Balaban J connectivity index is 2.21. The number of nitrogens with zero attached hydrogens (tertiary/aromatic N) is 1. The maximum absolute atomic E-state index is 12.5. The standard InChI is InChI=1S/C14H20N2O3/c1-18-11-4-3-7-16(9-11)14(17)12-8-10(15)5-6-13(12)19-2/h5-6,8,11H,3-4,7,9,15H2,1-2H3. The Labute approximate surface area is 113 Å². The molecule has 1 aliphatic rings. The number of ether oxygens (including phenoxy) is 2. The van der Waals surface area contributed by atoms with Gasteiger partial charge in [-0.05, 0) is 31.0 Å². The van der Waals surface area contributed by atoms with E-state index in [9.17, 15) is 4.79 Å². The second-order valence-corrected chi connectivity index (χ2v) is 4.71. The van der Waals surface area contributed by atoms with Gasteiger partial charge in [-0.2, -0.15) is 0 Å². The van der Waals surface area contributed by atoms with Crippen LogP contribution in [0.5, 0.6) is 5.75 Å². The number of rotatable bonds is 3. The highest BCUT2D eigenvalue weighted by Crippen LogP contribution is 2.24. The molecule has 2 N–H and O–H groups in total. The number of carbonyl (C=O) groups is 1. The van der Waals surface area contributed by atoms with E-state index in [2.05, 4.69) is 0 Å². The van der Waals surface area contributed by atoms with Crippen LogP contribution in [0.4, 0.5) is 5.69 Å². The molecule has 1 heterocycles. The molecule has 5 nitrogen and oxygen atoms in total. The van der Waals surface area contributed by atoms with Gasteiger partial charge in [-0.1, -0.05) is 0 Å². The number of piperidine rings is 1. The van der Waals surface area contributed by atoms with Crippen LogP contribution in [0.1, 0.15) is 23.2 Å². The zero-order valence-corrected chi connectivity index (χ0v) is 11.4. The molecule has 1 atom stereocenters. The summed E-state index contributed by atoms with van der Waals surface area (Å²) in [5.74, 6) is 0.504. The number of methoxy groups -OCH3 is 2. The minimum absolute atomic E-state index is 0.0501. The van der Waals surface area contributed by atoms with Gasteiger partial charge in [0.25, 0.3) is 5.91 Å². The first kappa shape index (κ1) is 13.7. The Bertz CT molecular complexity index is 462. The summed E-state index contributed by atoms with van der Waals surface area (Å²) in [6, 6.07) is 5.11. The first-order valence-electron chi connectivity index (χ1n) is 6.41. The average Bonchev–Trinajstić information content (AvgIpc) is 2.46. The number of likely N-dealkylation sites (tertiary alicyclic amines) is 1. The van der Waals surface area contributed by atoms with Gasteiger partial charge in [-0.3, -0.25) is 4.79 Å². The minimum atomic E-state index is -0.0501. The van der Waals surface area contributed by atoms with E-state index in [4.69, 9.17) is 15.2 Å². The SMILES string of the molecule is COc1ccc(N)cc1C(=O)N1CCCC(OC)C1. The van der Waals surface area contributed by atoms with Crippen molar-refractivity contribution >= 4 is 11.6 Å². The molecule has 1 unspecified atom stereocenters. The van der Waals surface area contributed by atoms with Crippen LogP contribution in [0.15, 0.2) is 18.2 Å². The van der Waals surface area contributed by atoms with Gasteiger partial charge in [0, 0.05) is 25.9 Å². The summed E-state index contributed by atoms with van der Waals surface area (Å²) in [5, 5.41) is 0. The molecule has 1 aromatic carbocycles. The molecule has 1 aromatic rings. The fourth-order valence-electron chi connectivity index (χ4n) is 2.38. The fourth-order valence-corrected chi connectivity index (χ4v) is 2.38. The van der Waals surface area contributed by atoms with Crippen LogP contribution in [-0.2, 0) is 4.74 Å². The van der Waals surface area contributed by atoms with Crippen molar-refractivity contribution in [3.63, 3.8) is 0 Å². The van der Waals surface area contributed by atoms with E-state index < -0.39 is 0 Å². The quantitative estimate of drug-likeness (QED) is 0.841. The molecule has 0 aliphatic carbocycles. The van der Waals surface area contributed by atoms with E-state index in [-0.39, 0.29) is 12.0 Å². The van der Waals surface area contributed by atoms with E-state index in [1.54, 1.807) is 37.3 Å². The Hall–Kier alpha value is -1.75. The highest BCUT2D eigenvalue weighted by Gasteiger charge is 2.26. The van der Waals surface area contributed by atoms with Gasteiger partial charge >= 0.3 is 0 Å². The number of benzene rings is 1. The topological polar surface area (TPSA) is 64.8 Å². The predicted molar refractivity (Wildman–Crippen MR) is 73.3 cm³/mol. The normalized spacial score (nSPS) is 19.3. The van der Waals surface area contributed by atoms with Crippen molar-refractivity contribution in [1.82, 2.24) is 4.90 Å². The predicted octanol–water partition coefficient (Wildman–Crippen LogP) is 1.53. The van der Waals surface area contributed by atoms with Crippen LogP contribution in [-0.4, -0.2) is 44.2 Å². The number of nitrogens with two attached hydrogens (primary N) is 1. The lowest BCUT2D eigenvalue weighted by atomic mass is 10.1. The first-order chi connectivity index (χ1) is 9.15. The Morgan fingerprint density at radius 1 is 1.42 bits per heavy atom. The molecule has 5 heteroatoms. The summed E-state index contributed by atoms with van der Waals surface area (Å²) in [5.41, 5.74) is 6.82. The molecule has 1 saturated heterocycles. The number of anilines is 1. The first-order valence-corrected chi connectivity index (χ1v) is 6.41. The largest absolute Gasteiger partial charge is 0.496 e. The molecule has 0 aromatic heterocycles. The van der Waals surface area contributed by atoms with Gasteiger partial charge in [0.05, 0.1) is 18.8 Å². The molecule has 104 valence electrons. The van der Waals surface area contributed by atoms with Gasteiger partial charge in [0.15, 0.2) is 0 Å². The summed E-state index contributed by atoms with van der Waals surface area (Å²) < 4.78 is 10.6. The highest BCUT2D eigenvalue weighted by atomic mass is 16.5. The number of nitrogen functional groups attached to an aromatic ring is 1. The Morgan fingerprint density at radius 2 is 2.21 bits per heavy atom. The van der Waals surface area contributed by atoms with Gasteiger partial charge in [-0.15, -0.1) is 0 Å². The van der Waals surface area contributed by atoms with Gasteiger partial charge < -0.3 is 20.1 Å². The van der Waals surface area contributed by atoms with E-state index in [0.29, 0.717) is 23.5 Å². The number of amides is 1. The lowest BCUT2D eigenvalue weighted by Gasteiger charge is -2.32. The molecule has 0 bridgehead atoms. The lowest BCUT2D eigenvalue weighted by Crippen LogP contribution is -2.43. The van der Waals surface area contributed by atoms with E-state index in [1.165, 1.54) is 0 Å². The summed E-state index contributed by atoms with van der Waals surface area (Å²) >= 11 is 0. The van der Waals surface area contributed by atoms with Crippen molar-refractivity contribution in [3.8, 4) is 5.75 Å². The summed E-state index contributed by atoms with van der Waals surface area (Å²) in [6.07, 6.45) is 2.06. The monoisotopic (exact) mass is 264 g/mol. The molecule has 0 saturated carbocycles. The van der Waals surface area contributed by atoms with Crippen LogP contribution in [0.3, 0.4) is 0 Å². The van der Waals surface area contributed by atoms with Gasteiger partial charge in [0.1, 0.15) is 5.75 Å². The van der Waals surface area contributed by atoms with E-state index >= 15 is 0 Å². The highest BCUT2D eigenvalue weighted by molar-refractivity contribution is 5.97. The van der Waals surface area contributed by atoms with Crippen LogP contribution in [0.2, 0.25) is 0 Å². The minimum Gasteiger partial charge on any atom is -0.496 e. The molecule has 2 rings (SSSR count). The third kappa shape index (κ3) is 2.98. The number of carbonyl (C=O) groups excluding carboxylic acids is 1. The molecule has 0 radical (unpaired) electrons. The summed E-state index contributed by atoms with van der Waals surface area (Å²) in [7, 11) is 3.23. The number of hydrogen-bond acceptors (Lipinski definition) is 4. The zero-order chi connectivity index (χ0) is 13.8. The average molecular weight is 264 g/mol. The molecular formula is C14H20N2O3. The second-order valence-electron chi connectivity index (χ2n) is 4.71. The second kappa shape index (κ2) is 5.93. The van der Waals surface area contributed by atoms with Crippen LogP contribution in [0.25, 0.3) is 0 Å². The summed E-state index contributed by atoms with van der Waals surface area (Å²) in [6.45, 7) is 1.37. The van der Waals surface area contributed by atoms with Crippen LogP contribution < -0.4 is 10.5 Å². The van der Waals surface area contributed by atoms with Crippen molar-refractivity contribution < 1.29 is 14.3 Å². The third-order valence-corrected chi connectivity index (χ3v) is 3.45. The van der Waals surface area contributed by atoms with Crippen molar-refractivity contribution in [2.45, 2.75) is 18.9 Å². The van der Waals surface area contributed by atoms with Crippen molar-refractivity contribution in [1.29, 1.82) is 0 Å². The van der Waals surface area contributed by atoms with Gasteiger partial charge in [0.2, 0.25) is 0 Å². The smallest absolute Gasteiger partial charge is 0.257 e. The fraction of sp³-hybridized carbons (Fsp3) is 0.500. The lowest BCUT2D eigenvalue weighted by molar-refractivity contribution is 0.0267. The third-order valence-electron chi connectivity index (χ3n) is 3.45. The molecular weight excluding hydrogens is 244 g/mol. The molecule has 19 heavy (non-hydrogen) atoms. The van der Waals surface area contributed by atoms with Crippen LogP contribution in [0, 0.1) is 0 Å². The van der Waals surface area contributed by atoms with E-state index in [0.717, 1.165) is 19.4 Å². The van der Waals surface area contributed by atoms with Crippen molar-refractivity contribution in [2.24, 2.45) is 0 Å².